The summed E-state index contributed by atoms with van der Waals surface area (Å²) in [5, 5.41) is 0. The fourth-order valence-electron chi connectivity index (χ4n) is 2.62. The van der Waals surface area contributed by atoms with Gasteiger partial charge in [-0.3, -0.25) is 0 Å². The molecule has 0 aromatic rings. The van der Waals surface area contributed by atoms with E-state index in [4.69, 9.17) is 0 Å². The van der Waals surface area contributed by atoms with Gasteiger partial charge < -0.3 is 9.80 Å². The van der Waals surface area contributed by atoms with Gasteiger partial charge in [0.05, 0.1) is 0 Å². The normalized spacial score (nSPS) is 42.5. The maximum atomic E-state index is 2.47. The first-order valence-electron chi connectivity index (χ1n) is 5.03. The number of hydrogen-bond acceptors (Lipinski definition) is 2. The summed E-state index contributed by atoms with van der Waals surface area (Å²) in [5.74, 6) is 2.02. The molecule has 1 saturated carbocycles. The van der Waals surface area contributed by atoms with Crippen molar-refractivity contribution in [3.05, 3.63) is 0 Å². The summed E-state index contributed by atoms with van der Waals surface area (Å²) in [6.45, 7) is 2.66. The van der Waals surface area contributed by atoms with Crippen LogP contribution in [0.25, 0.3) is 0 Å². The van der Waals surface area contributed by atoms with E-state index in [1.165, 1.54) is 25.9 Å². The molecule has 0 spiro atoms. The minimum Gasteiger partial charge on any atom is -0.306 e. The quantitative estimate of drug-likeness (QED) is 0.604. The first kappa shape index (κ1) is 8.52. The molecule has 12 heavy (non-hydrogen) atoms. The van der Waals surface area contributed by atoms with Crippen molar-refractivity contribution < 1.29 is 0 Å². The van der Waals surface area contributed by atoms with E-state index in [1.807, 2.05) is 0 Å². The van der Waals surface area contributed by atoms with Crippen LogP contribution in [0.4, 0.5) is 0 Å². The van der Waals surface area contributed by atoms with E-state index in [0.29, 0.717) is 0 Å². The molecular weight excluding hydrogens is 148 g/mol. The maximum absolute atomic E-state index is 2.47. The fraction of sp³-hybridized carbons (Fsp3) is 1.00. The highest BCUT2D eigenvalue weighted by molar-refractivity contribution is 4.99. The second-order valence-electron chi connectivity index (χ2n) is 4.74. The van der Waals surface area contributed by atoms with E-state index in [2.05, 4.69) is 30.9 Å². The molecule has 70 valence electrons. The first-order valence-corrected chi connectivity index (χ1v) is 5.03. The summed E-state index contributed by atoms with van der Waals surface area (Å²) in [6, 6.07) is 0.904. The van der Waals surface area contributed by atoms with Crippen LogP contribution in [0.1, 0.15) is 12.8 Å². The van der Waals surface area contributed by atoms with Crippen molar-refractivity contribution in [2.45, 2.75) is 18.9 Å². The Hall–Kier alpha value is -0.0800. The van der Waals surface area contributed by atoms with Gasteiger partial charge in [0.2, 0.25) is 0 Å². The Balaban J connectivity index is 1.81. The molecule has 0 N–H and O–H groups in total. The zero-order valence-electron chi connectivity index (χ0n) is 8.45. The molecule has 2 aliphatic rings. The number of rotatable bonds is 2. The summed E-state index contributed by atoms with van der Waals surface area (Å²) in [5.41, 5.74) is 0. The van der Waals surface area contributed by atoms with Gasteiger partial charge in [-0.2, -0.15) is 0 Å². The predicted octanol–water partition coefficient (Wildman–Crippen LogP) is 0.888. The molecule has 0 radical (unpaired) electrons. The molecule has 0 aromatic carbocycles. The predicted molar refractivity (Wildman–Crippen MR) is 51.2 cm³/mol. The summed E-state index contributed by atoms with van der Waals surface area (Å²) < 4.78 is 0. The smallest absolute Gasteiger partial charge is 0.0124 e. The monoisotopic (exact) mass is 168 g/mol. The van der Waals surface area contributed by atoms with E-state index < -0.39 is 0 Å². The lowest BCUT2D eigenvalue weighted by Crippen LogP contribution is -2.20. The van der Waals surface area contributed by atoms with Crippen LogP contribution in [0.15, 0.2) is 0 Å². The Kier molecular flexibility index (Phi) is 2.13. The molecule has 2 nitrogen and oxygen atoms in total. The van der Waals surface area contributed by atoms with Crippen molar-refractivity contribution in [1.82, 2.24) is 9.80 Å². The van der Waals surface area contributed by atoms with E-state index in [-0.39, 0.29) is 0 Å². The van der Waals surface area contributed by atoms with Crippen molar-refractivity contribution in [2.24, 2.45) is 11.8 Å². The van der Waals surface area contributed by atoms with Crippen LogP contribution in [0, 0.1) is 11.8 Å². The lowest BCUT2D eigenvalue weighted by Gasteiger charge is -2.13. The fourth-order valence-corrected chi connectivity index (χ4v) is 2.62. The highest BCUT2D eigenvalue weighted by atomic mass is 15.2. The molecule has 1 aliphatic carbocycles. The zero-order valence-corrected chi connectivity index (χ0v) is 8.45. The van der Waals surface area contributed by atoms with Crippen LogP contribution in [-0.2, 0) is 0 Å². The average Bonchev–Trinajstić information content (AvgIpc) is 2.70. The summed E-state index contributed by atoms with van der Waals surface area (Å²) in [7, 11) is 6.67. The highest BCUT2D eigenvalue weighted by Gasteiger charge is 2.45. The molecule has 2 rings (SSSR count). The van der Waals surface area contributed by atoms with Gasteiger partial charge in [0.1, 0.15) is 0 Å². The lowest BCUT2D eigenvalue weighted by molar-refractivity contribution is 0.328. The Morgan fingerprint density at radius 1 is 1.33 bits per heavy atom. The third-order valence-corrected chi connectivity index (χ3v) is 3.50. The average molecular weight is 168 g/mol. The van der Waals surface area contributed by atoms with Gasteiger partial charge in [0.15, 0.2) is 0 Å². The Bertz CT molecular complexity index is 167. The molecule has 2 heteroatoms. The maximum Gasteiger partial charge on any atom is 0.0124 e. The zero-order chi connectivity index (χ0) is 8.72. The molecule has 0 bridgehead atoms. The molecule has 0 aromatic heterocycles. The van der Waals surface area contributed by atoms with Gasteiger partial charge in [0.25, 0.3) is 0 Å². The molecule has 2 fully saturated rings. The summed E-state index contributed by atoms with van der Waals surface area (Å²) in [4.78, 5) is 4.86. The molecular formula is C10H20N2. The van der Waals surface area contributed by atoms with Gasteiger partial charge in [-0.25, -0.2) is 0 Å². The van der Waals surface area contributed by atoms with Crippen molar-refractivity contribution in [3.8, 4) is 0 Å². The van der Waals surface area contributed by atoms with Crippen molar-refractivity contribution in [1.29, 1.82) is 0 Å². The van der Waals surface area contributed by atoms with Gasteiger partial charge in [-0.15, -0.1) is 0 Å². The largest absolute Gasteiger partial charge is 0.306 e. The van der Waals surface area contributed by atoms with Crippen LogP contribution >= 0.6 is 0 Å². The second-order valence-corrected chi connectivity index (χ2v) is 4.74. The SMILES string of the molecule is CN1CC[C@H]([C@H]2C[C@H]2N(C)C)C1. The lowest BCUT2D eigenvalue weighted by atomic mass is 10.0. The Morgan fingerprint density at radius 3 is 2.50 bits per heavy atom. The highest BCUT2D eigenvalue weighted by Crippen LogP contribution is 2.43. The second kappa shape index (κ2) is 3.00. The minimum atomic E-state index is 0.904. The number of likely N-dealkylation sites (tertiary alicyclic amines) is 1. The van der Waals surface area contributed by atoms with Crippen LogP contribution in [0.3, 0.4) is 0 Å². The van der Waals surface area contributed by atoms with Crippen molar-refractivity contribution >= 4 is 0 Å². The van der Waals surface area contributed by atoms with Crippen LogP contribution in [0.2, 0.25) is 0 Å². The third kappa shape index (κ3) is 1.50. The van der Waals surface area contributed by atoms with Crippen LogP contribution in [0.5, 0.6) is 0 Å². The molecule has 1 heterocycles. The van der Waals surface area contributed by atoms with Gasteiger partial charge >= 0.3 is 0 Å². The molecule has 0 amide bonds. The van der Waals surface area contributed by atoms with Crippen molar-refractivity contribution in [2.75, 3.05) is 34.2 Å². The topological polar surface area (TPSA) is 6.48 Å². The standard InChI is InChI=1S/C10H20N2/c1-11(2)10-6-9(10)8-4-5-12(3)7-8/h8-10H,4-7H2,1-3H3/t8-,9+,10+/m0/s1. The van der Waals surface area contributed by atoms with Crippen molar-refractivity contribution in [3.63, 3.8) is 0 Å². The third-order valence-electron chi connectivity index (χ3n) is 3.50. The first-order chi connectivity index (χ1) is 5.68. The molecule has 3 atom stereocenters. The molecule has 1 aliphatic heterocycles. The van der Waals surface area contributed by atoms with Crippen LogP contribution in [-0.4, -0.2) is 50.1 Å². The van der Waals surface area contributed by atoms with E-state index in [0.717, 1.165) is 17.9 Å². The number of nitrogens with zero attached hydrogens (tertiary/aromatic N) is 2. The molecule has 0 unspecified atom stereocenters. The van der Waals surface area contributed by atoms with E-state index in [9.17, 15) is 0 Å². The van der Waals surface area contributed by atoms with E-state index in [1.54, 1.807) is 0 Å². The minimum absolute atomic E-state index is 0.904. The van der Waals surface area contributed by atoms with Gasteiger partial charge in [-0.1, -0.05) is 0 Å². The number of hydrogen-bond donors (Lipinski definition) is 0. The van der Waals surface area contributed by atoms with E-state index >= 15 is 0 Å². The molecule has 1 saturated heterocycles. The summed E-state index contributed by atoms with van der Waals surface area (Å²) >= 11 is 0. The Labute approximate surface area is 75.5 Å². The summed E-state index contributed by atoms with van der Waals surface area (Å²) in [6.07, 6.45) is 2.89. The van der Waals surface area contributed by atoms with Gasteiger partial charge in [0, 0.05) is 12.6 Å². The Morgan fingerprint density at radius 2 is 2.08 bits per heavy atom. The van der Waals surface area contributed by atoms with Crippen LogP contribution < -0.4 is 0 Å². The van der Waals surface area contributed by atoms with Gasteiger partial charge in [-0.05, 0) is 52.4 Å².